The van der Waals surface area contributed by atoms with Crippen LogP contribution in [0.15, 0.2) is 18.2 Å². The molecule has 4 heteroatoms. The van der Waals surface area contributed by atoms with E-state index in [9.17, 15) is 4.79 Å². The molecule has 0 aliphatic heterocycles. The van der Waals surface area contributed by atoms with Gasteiger partial charge in [-0.1, -0.05) is 6.92 Å². The highest BCUT2D eigenvalue weighted by atomic mass is 16.1. The average Bonchev–Trinajstić information content (AvgIpc) is 2.56. The minimum absolute atomic E-state index is 0.0884. The Morgan fingerprint density at radius 3 is 2.54 bits per heavy atom. The van der Waals surface area contributed by atoms with Crippen molar-refractivity contribution in [3.63, 3.8) is 0 Å². The first-order chi connectivity index (χ1) is 6.16. The van der Waals surface area contributed by atoms with Gasteiger partial charge in [0.15, 0.2) is 5.78 Å². The fraction of sp³-hybridized carbons (Fsp3) is 0.444. The second-order valence-corrected chi connectivity index (χ2v) is 2.97. The van der Waals surface area contributed by atoms with Gasteiger partial charge in [0.1, 0.15) is 18.4 Å². The van der Waals surface area contributed by atoms with E-state index in [-0.39, 0.29) is 5.78 Å². The highest BCUT2D eigenvalue weighted by Crippen LogP contribution is 2.11. The number of carbonyl (C=O) groups is 1. The smallest absolute Gasteiger partial charge is 0.180 e. The number of nitrogens with zero attached hydrogens (tertiary/aromatic N) is 3. The number of rotatable bonds is 3. The molecule has 1 rings (SSSR count). The first kappa shape index (κ1) is 9.64. The molecule has 0 fully saturated rings. The molecule has 0 amide bonds. The summed E-state index contributed by atoms with van der Waals surface area (Å²) in [5.74, 6) is 0.0884. The second kappa shape index (κ2) is 3.98. The van der Waals surface area contributed by atoms with Crippen molar-refractivity contribution in [1.29, 1.82) is 0 Å². The van der Waals surface area contributed by atoms with Gasteiger partial charge in [0.25, 0.3) is 0 Å². The van der Waals surface area contributed by atoms with Crippen LogP contribution in [0.1, 0.15) is 27.2 Å². The Labute approximate surface area is 77.3 Å². The van der Waals surface area contributed by atoms with E-state index in [1.54, 1.807) is 0 Å². The molecule has 0 aromatic carbocycles. The molecule has 0 aliphatic carbocycles. The molecule has 13 heavy (non-hydrogen) atoms. The first-order valence-electron chi connectivity index (χ1n) is 4.22. The van der Waals surface area contributed by atoms with E-state index in [2.05, 4.69) is 10.1 Å². The van der Waals surface area contributed by atoms with Crippen LogP contribution < -0.4 is 0 Å². The van der Waals surface area contributed by atoms with Crippen LogP contribution in [0.5, 0.6) is 0 Å². The lowest BCUT2D eigenvalue weighted by Crippen LogP contribution is -2.09. The number of ketones is 1. The molecule has 1 aromatic heterocycles. The highest BCUT2D eigenvalue weighted by molar-refractivity contribution is 6.15. The van der Waals surface area contributed by atoms with Gasteiger partial charge in [-0.2, -0.15) is 5.10 Å². The molecular formula is C9H13N3O. The van der Waals surface area contributed by atoms with Gasteiger partial charge in [-0.05, 0) is 19.4 Å². The number of Topliss-reactive ketones (excluding diaryl/α,β-unsaturated/α-hetero) is 1. The van der Waals surface area contributed by atoms with Crippen LogP contribution in [-0.4, -0.2) is 20.5 Å². The molecule has 0 N–H and O–H groups in total. The Kier molecular flexibility index (Phi) is 2.95. The van der Waals surface area contributed by atoms with Crippen molar-refractivity contribution < 1.29 is 4.79 Å². The van der Waals surface area contributed by atoms with E-state index in [0.717, 1.165) is 5.57 Å². The maximum atomic E-state index is 11.5. The minimum Gasteiger partial charge on any atom is -0.292 e. The summed E-state index contributed by atoms with van der Waals surface area (Å²) >= 11 is 0. The van der Waals surface area contributed by atoms with Crippen LogP contribution in [0.25, 0.3) is 5.70 Å². The third-order valence-corrected chi connectivity index (χ3v) is 1.71. The van der Waals surface area contributed by atoms with Gasteiger partial charge >= 0.3 is 0 Å². The van der Waals surface area contributed by atoms with Crippen LogP contribution in [-0.2, 0) is 4.79 Å². The molecule has 70 valence electrons. The topological polar surface area (TPSA) is 47.8 Å². The summed E-state index contributed by atoms with van der Waals surface area (Å²) in [6, 6.07) is 0. The van der Waals surface area contributed by atoms with E-state index in [1.165, 1.54) is 17.3 Å². The molecule has 1 heterocycles. The molecule has 0 bridgehead atoms. The van der Waals surface area contributed by atoms with E-state index in [0.29, 0.717) is 12.1 Å². The molecule has 0 atom stereocenters. The fourth-order valence-electron chi connectivity index (χ4n) is 1.13. The van der Waals surface area contributed by atoms with Gasteiger partial charge < -0.3 is 0 Å². The third-order valence-electron chi connectivity index (χ3n) is 1.71. The fourth-order valence-corrected chi connectivity index (χ4v) is 1.13. The van der Waals surface area contributed by atoms with E-state index >= 15 is 0 Å². The van der Waals surface area contributed by atoms with E-state index < -0.39 is 0 Å². The standard InChI is InChI=1S/C9H13N3O/c1-4-8(13)9(7(2)3)12-6-10-5-11-12/h5-6H,4H2,1-3H3. The quantitative estimate of drug-likeness (QED) is 0.661. The number of hydrogen-bond donors (Lipinski definition) is 0. The summed E-state index contributed by atoms with van der Waals surface area (Å²) < 4.78 is 1.52. The zero-order chi connectivity index (χ0) is 9.84. The lowest BCUT2D eigenvalue weighted by molar-refractivity contribution is -0.113. The van der Waals surface area contributed by atoms with Crippen LogP contribution in [0, 0.1) is 0 Å². The molecule has 1 aromatic rings. The Morgan fingerprint density at radius 2 is 2.15 bits per heavy atom. The number of hydrogen-bond acceptors (Lipinski definition) is 3. The van der Waals surface area contributed by atoms with E-state index in [4.69, 9.17) is 0 Å². The Bertz CT molecular complexity index is 321. The summed E-state index contributed by atoms with van der Waals surface area (Å²) in [6.07, 6.45) is 3.45. The molecule has 0 spiro atoms. The highest BCUT2D eigenvalue weighted by Gasteiger charge is 2.11. The van der Waals surface area contributed by atoms with Gasteiger partial charge in [-0.15, -0.1) is 0 Å². The van der Waals surface area contributed by atoms with Crippen LogP contribution in [0.4, 0.5) is 0 Å². The van der Waals surface area contributed by atoms with Crippen molar-refractivity contribution in [3.8, 4) is 0 Å². The summed E-state index contributed by atoms with van der Waals surface area (Å²) in [6.45, 7) is 5.62. The lowest BCUT2D eigenvalue weighted by Gasteiger charge is -2.06. The summed E-state index contributed by atoms with van der Waals surface area (Å²) in [5.41, 5.74) is 1.58. The Hall–Kier alpha value is -1.45. The van der Waals surface area contributed by atoms with Crippen LogP contribution in [0.3, 0.4) is 0 Å². The van der Waals surface area contributed by atoms with Crippen molar-refractivity contribution in [3.05, 3.63) is 18.2 Å². The SMILES string of the molecule is CCC(=O)C(=C(C)C)n1cncn1. The molecular weight excluding hydrogens is 166 g/mol. The van der Waals surface area contributed by atoms with Crippen molar-refractivity contribution in [2.24, 2.45) is 0 Å². The summed E-state index contributed by atoms with van der Waals surface area (Å²) in [7, 11) is 0. The molecule has 4 nitrogen and oxygen atoms in total. The van der Waals surface area contributed by atoms with Crippen molar-refractivity contribution in [2.45, 2.75) is 27.2 Å². The third kappa shape index (κ3) is 2.02. The average molecular weight is 179 g/mol. The van der Waals surface area contributed by atoms with Gasteiger partial charge in [0.2, 0.25) is 0 Å². The monoisotopic (exact) mass is 179 g/mol. The Balaban J connectivity index is 3.10. The number of carbonyl (C=O) groups excluding carboxylic acids is 1. The first-order valence-corrected chi connectivity index (χ1v) is 4.22. The lowest BCUT2D eigenvalue weighted by atomic mass is 10.1. The van der Waals surface area contributed by atoms with Gasteiger partial charge in [-0.3, -0.25) is 4.79 Å². The maximum Gasteiger partial charge on any atom is 0.180 e. The van der Waals surface area contributed by atoms with Crippen molar-refractivity contribution in [2.75, 3.05) is 0 Å². The van der Waals surface area contributed by atoms with Crippen LogP contribution in [0.2, 0.25) is 0 Å². The number of allylic oxidation sites excluding steroid dienone is 2. The Morgan fingerprint density at radius 1 is 1.46 bits per heavy atom. The normalized spacial score (nSPS) is 9.77. The molecule has 0 saturated carbocycles. The van der Waals surface area contributed by atoms with Crippen molar-refractivity contribution >= 4 is 11.5 Å². The number of aromatic nitrogens is 3. The maximum absolute atomic E-state index is 11.5. The van der Waals surface area contributed by atoms with Crippen molar-refractivity contribution in [1.82, 2.24) is 14.8 Å². The minimum atomic E-state index is 0.0884. The van der Waals surface area contributed by atoms with E-state index in [1.807, 2.05) is 20.8 Å². The second-order valence-electron chi connectivity index (χ2n) is 2.97. The molecule has 0 saturated heterocycles. The van der Waals surface area contributed by atoms with Gasteiger partial charge in [-0.25, -0.2) is 9.67 Å². The van der Waals surface area contributed by atoms with Gasteiger partial charge in [0.05, 0.1) is 0 Å². The van der Waals surface area contributed by atoms with Crippen LogP contribution >= 0.6 is 0 Å². The summed E-state index contributed by atoms with van der Waals surface area (Å²) in [5, 5.41) is 3.93. The van der Waals surface area contributed by atoms with Gasteiger partial charge in [0, 0.05) is 6.42 Å². The zero-order valence-corrected chi connectivity index (χ0v) is 8.11. The largest absolute Gasteiger partial charge is 0.292 e. The molecule has 0 radical (unpaired) electrons. The zero-order valence-electron chi connectivity index (χ0n) is 8.11. The predicted octanol–water partition coefficient (Wildman–Crippen LogP) is 1.51. The molecule has 0 aliphatic rings. The predicted molar refractivity (Wildman–Crippen MR) is 49.9 cm³/mol. The molecule has 0 unspecified atom stereocenters. The summed E-state index contributed by atoms with van der Waals surface area (Å²) in [4.78, 5) is 15.3.